The molecule has 0 bridgehead atoms. The summed E-state index contributed by atoms with van der Waals surface area (Å²) in [5.41, 5.74) is 2.17. The van der Waals surface area contributed by atoms with Crippen molar-refractivity contribution in [3.63, 3.8) is 0 Å². The van der Waals surface area contributed by atoms with Crippen LogP contribution in [-0.4, -0.2) is 37.4 Å². The molecule has 23 heavy (non-hydrogen) atoms. The van der Waals surface area contributed by atoms with Crippen LogP contribution in [0.25, 0.3) is 0 Å². The van der Waals surface area contributed by atoms with Crippen LogP contribution < -0.4 is 10.6 Å². The van der Waals surface area contributed by atoms with Crippen LogP contribution in [0.5, 0.6) is 0 Å². The van der Waals surface area contributed by atoms with Gasteiger partial charge < -0.3 is 15.5 Å². The van der Waals surface area contributed by atoms with Crippen LogP contribution in [0.4, 0.5) is 11.4 Å². The van der Waals surface area contributed by atoms with Gasteiger partial charge in [0.15, 0.2) is 0 Å². The minimum atomic E-state index is -0.125. The summed E-state index contributed by atoms with van der Waals surface area (Å²) in [6.07, 6.45) is 0. The van der Waals surface area contributed by atoms with E-state index in [4.69, 9.17) is 0 Å². The lowest BCUT2D eigenvalue weighted by atomic mass is 10.2. The molecule has 0 heterocycles. The van der Waals surface area contributed by atoms with E-state index in [1.165, 1.54) is 4.90 Å². The average Bonchev–Trinajstić information content (AvgIpc) is 2.55. The van der Waals surface area contributed by atoms with Crippen molar-refractivity contribution in [1.82, 2.24) is 4.90 Å². The number of hydrogen-bond donors (Lipinski definition) is 2. The summed E-state index contributed by atoms with van der Waals surface area (Å²) in [7, 11) is 3.42. The van der Waals surface area contributed by atoms with E-state index in [1.807, 2.05) is 24.3 Å². The van der Waals surface area contributed by atoms with Crippen molar-refractivity contribution < 1.29 is 9.59 Å². The maximum absolute atomic E-state index is 11.9. The third-order valence-corrected chi connectivity index (χ3v) is 3.84. The fourth-order valence-corrected chi connectivity index (χ4v) is 2.27. The summed E-state index contributed by atoms with van der Waals surface area (Å²) < 4.78 is 1.12. The van der Waals surface area contributed by atoms with Gasteiger partial charge in [-0.3, -0.25) is 9.59 Å². The van der Waals surface area contributed by atoms with E-state index < -0.39 is 0 Å². The molecule has 0 aliphatic heterocycles. The SMILES string of the molecule is CN(C)C(=O)c1ccc(NCC(=O)Nc2ccc(I)cc2)cc1. The largest absolute Gasteiger partial charge is 0.376 e. The van der Waals surface area contributed by atoms with Gasteiger partial charge in [0.2, 0.25) is 5.91 Å². The van der Waals surface area contributed by atoms with Crippen LogP contribution in [0.1, 0.15) is 10.4 Å². The third-order valence-electron chi connectivity index (χ3n) is 3.12. The third kappa shape index (κ3) is 5.24. The van der Waals surface area contributed by atoms with Crippen molar-refractivity contribution in [2.24, 2.45) is 0 Å². The average molecular weight is 423 g/mol. The molecule has 120 valence electrons. The van der Waals surface area contributed by atoms with Crippen molar-refractivity contribution in [2.45, 2.75) is 0 Å². The molecule has 2 amide bonds. The van der Waals surface area contributed by atoms with Crippen LogP contribution in [0.3, 0.4) is 0 Å². The minimum Gasteiger partial charge on any atom is -0.376 e. The van der Waals surface area contributed by atoms with Crippen LogP contribution in [-0.2, 0) is 4.79 Å². The van der Waals surface area contributed by atoms with Crippen molar-refractivity contribution in [1.29, 1.82) is 0 Å². The molecule has 0 saturated heterocycles. The zero-order valence-electron chi connectivity index (χ0n) is 13.0. The zero-order valence-corrected chi connectivity index (χ0v) is 15.1. The van der Waals surface area contributed by atoms with Gasteiger partial charge in [0.1, 0.15) is 0 Å². The first-order chi connectivity index (χ1) is 11.0. The molecule has 0 aromatic heterocycles. The standard InChI is InChI=1S/C17H18IN3O2/c1-21(2)17(23)12-3-7-14(8-4-12)19-11-16(22)20-15-9-5-13(18)6-10-15/h3-10,19H,11H2,1-2H3,(H,20,22). The van der Waals surface area contributed by atoms with E-state index in [2.05, 4.69) is 33.2 Å². The Labute approximate surface area is 149 Å². The molecule has 0 atom stereocenters. The number of carbonyl (C=O) groups excluding carboxylic acids is 2. The molecule has 0 fully saturated rings. The van der Waals surface area contributed by atoms with Gasteiger partial charge >= 0.3 is 0 Å². The normalized spacial score (nSPS) is 10.0. The van der Waals surface area contributed by atoms with Crippen molar-refractivity contribution in [3.05, 3.63) is 57.7 Å². The minimum absolute atomic E-state index is 0.0481. The number of carbonyl (C=O) groups is 2. The molecule has 0 aliphatic carbocycles. The molecular weight excluding hydrogens is 405 g/mol. The predicted octanol–water partition coefficient (Wildman–Crippen LogP) is 3.04. The number of halogens is 1. The number of hydrogen-bond acceptors (Lipinski definition) is 3. The van der Waals surface area contributed by atoms with Gasteiger partial charge in [0.25, 0.3) is 5.91 Å². The summed E-state index contributed by atoms with van der Waals surface area (Å²) in [5.74, 6) is -0.173. The van der Waals surface area contributed by atoms with Gasteiger partial charge in [-0.1, -0.05) is 0 Å². The Bertz CT molecular complexity index is 682. The van der Waals surface area contributed by atoms with Gasteiger partial charge in [0, 0.05) is 34.6 Å². The highest BCUT2D eigenvalue weighted by atomic mass is 127. The summed E-state index contributed by atoms with van der Waals surface area (Å²) in [5, 5.41) is 5.85. The van der Waals surface area contributed by atoms with Crippen molar-refractivity contribution >= 4 is 45.8 Å². The van der Waals surface area contributed by atoms with Gasteiger partial charge in [-0.15, -0.1) is 0 Å². The smallest absolute Gasteiger partial charge is 0.253 e. The second kappa shape index (κ2) is 7.96. The fraction of sp³-hybridized carbons (Fsp3) is 0.176. The Morgan fingerprint density at radius 1 is 0.957 bits per heavy atom. The molecule has 0 unspecified atom stereocenters. The summed E-state index contributed by atoms with van der Waals surface area (Å²) >= 11 is 2.21. The molecule has 2 aromatic rings. The molecule has 5 nitrogen and oxygen atoms in total. The maximum Gasteiger partial charge on any atom is 0.253 e. The molecule has 2 N–H and O–H groups in total. The van der Waals surface area contributed by atoms with Gasteiger partial charge in [-0.2, -0.15) is 0 Å². The second-order valence-corrected chi connectivity index (χ2v) is 6.43. The van der Waals surface area contributed by atoms with E-state index in [-0.39, 0.29) is 18.4 Å². The lowest BCUT2D eigenvalue weighted by Crippen LogP contribution is -2.22. The Balaban J connectivity index is 1.86. The van der Waals surface area contributed by atoms with E-state index >= 15 is 0 Å². The summed E-state index contributed by atoms with van der Waals surface area (Å²) in [4.78, 5) is 25.2. The number of amides is 2. The van der Waals surface area contributed by atoms with Gasteiger partial charge in [-0.05, 0) is 71.1 Å². The molecular formula is C17H18IN3O2. The fourth-order valence-electron chi connectivity index (χ4n) is 1.91. The Hall–Kier alpha value is -2.09. The molecule has 0 spiro atoms. The van der Waals surface area contributed by atoms with E-state index in [0.717, 1.165) is 14.9 Å². The first-order valence-corrected chi connectivity index (χ1v) is 8.14. The highest BCUT2D eigenvalue weighted by Crippen LogP contribution is 2.12. The molecule has 6 heteroatoms. The molecule has 0 saturated carbocycles. The van der Waals surface area contributed by atoms with Crippen LogP contribution in [0.15, 0.2) is 48.5 Å². The van der Waals surface area contributed by atoms with Crippen LogP contribution in [0, 0.1) is 3.57 Å². The molecule has 0 aliphatic rings. The summed E-state index contributed by atoms with van der Waals surface area (Å²) in [6, 6.07) is 14.6. The lowest BCUT2D eigenvalue weighted by molar-refractivity contribution is -0.114. The summed E-state index contributed by atoms with van der Waals surface area (Å²) in [6.45, 7) is 0.160. The zero-order chi connectivity index (χ0) is 16.8. The molecule has 2 rings (SSSR count). The monoisotopic (exact) mass is 423 g/mol. The van der Waals surface area contributed by atoms with E-state index in [0.29, 0.717) is 5.56 Å². The second-order valence-electron chi connectivity index (χ2n) is 5.19. The first-order valence-electron chi connectivity index (χ1n) is 7.07. The van der Waals surface area contributed by atoms with Crippen LogP contribution in [0.2, 0.25) is 0 Å². The van der Waals surface area contributed by atoms with E-state index in [9.17, 15) is 9.59 Å². The highest BCUT2D eigenvalue weighted by molar-refractivity contribution is 14.1. The van der Waals surface area contributed by atoms with Crippen molar-refractivity contribution in [2.75, 3.05) is 31.3 Å². The van der Waals surface area contributed by atoms with Gasteiger partial charge in [-0.25, -0.2) is 0 Å². The predicted molar refractivity (Wildman–Crippen MR) is 101 cm³/mol. The molecule has 0 radical (unpaired) electrons. The first kappa shape index (κ1) is 17.3. The van der Waals surface area contributed by atoms with Gasteiger partial charge in [0.05, 0.1) is 6.54 Å². The Morgan fingerprint density at radius 3 is 2.09 bits per heavy atom. The van der Waals surface area contributed by atoms with Crippen LogP contribution >= 0.6 is 22.6 Å². The number of anilines is 2. The Morgan fingerprint density at radius 2 is 1.52 bits per heavy atom. The number of nitrogens with zero attached hydrogens (tertiary/aromatic N) is 1. The number of rotatable bonds is 5. The highest BCUT2D eigenvalue weighted by Gasteiger charge is 2.07. The van der Waals surface area contributed by atoms with Crippen molar-refractivity contribution in [3.8, 4) is 0 Å². The molecule has 2 aromatic carbocycles. The number of benzene rings is 2. The maximum atomic E-state index is 11.9. The Kier molecular flexibility index (Phi) is 5.97. The quantitative estimate of drug-likeness (QED) is 0.727. The lowest BCUT2D eigenvalue weighted by Gasteiger charge is -2.11. The topological polar surface area (TPSA) is 61.4 Å². The number of nitrogens with one attached hydrogen (secondary N) is 2. The van der Waals surface area contributed by atoms with E-state index in [1.54, 1.807) is 38.4 Å².